The number of amides is 2. The molecule has 0 spiro atoms. The molecule has 0 fully saturated rings. The van der Waals surface area contributed by atoms with Gasteiger partial charge in [-0.15, -0.1) is 0 Å². The second-order valence-electron chi connectivity index (χ2n) is 3.76. The maximum Gasteiger partial charge on any atom is 0.266 e. The lowest BCUT2D eigenvalue weighted by molar-refractivity contribution is -0.124. The zero-order valence-corrected chi connectivity index (χ0v) is 10.8. The maximum absolute atomic E-state index is 11.6. The van der Waals surface area contributed by atoms with E-state index < -0.39 is 0 Å². The average molecular weight is 264 g/mol. The number of carbonyl (C=O) groups excluding carboxylic acids is 2. The van der Waals surface area contributed by atoms with Crippen molar-refractivity contribution < 1.29 is 14.3 Å². The number of anilines is 1. The van der Waals surface area contributed by atoms with Crippen molar-refractivity contribution in [2.45, 2.75) is 13.3 Å². The lowest BCUT2D eigenvalue weighted by Gasteiger charge is -2.04. The second-order valence-corrected chi connectivity index (χ2v) is 3.76. The molecule has 0 radical (unpaired) electrons. The summed E-state index contributed by atoms with van der Waals surface area (Å²) < 4.78 is 4.63. The number of carbonyl (C=O) groups is 2. The third kappa shape index (κ3) is 6.27. The zero-order chi connectivity index (χ0) is 14.1. The average Bonchev–Trinajstić information content (AvgIpc) is 2.38. The topological polar surface area (TPSA) is 92.7 Å². The first kappa shape index (κ1) is 14.8. The fraction of sp³-hybridized carbons (Fsp3) is 0.333. The molecule has 2 N–H and O–H groups in total. The van der Waals surface area contributed by atoms with Gasteiger partial charge in [0.1, 0.15) is 12.4 Å². The van der Waals surface area contributed by atoms with Gasteiger partial charge in [0, 0.05) is 19.0 Å². The summed E-state index contributed by atoms with van der Waals surface area (Å²) in [5.41, 5.74) is 2.77. The molecule has 0 aliphatic heterocycles. The Hall–Kier alpha value is -2.28. The van der Waals surface area contributed by atoms with Crippen molar-refractivity contribution in [3.63, 3.8) is 0 Å². The van der Waals surface area contributed by atoms with Gasteiger partial charge in [-0.05, 0) is 19.1 Å². The van der Waals surface area contributed by atoms with Gasteiger partial charge in [0.05, 0.1) is 6.42 Å². The first-order chi connectivity index (χ1) is 9.11. The third-order valence-electron chi connectivity index (χ3n) is 2.00. The van der Waals surface area contributed by atoms with Crippen LogP contribution in [-0.2, 0) is 14.3 Å². The predicted octanol–water partition coefficient (Wildman–Crippen LogP) is 0.549. The van der Waals surface area contributed by atoms with Crippen molar-refractivity contribution >= 4 is 23.3 Å². The number of aromatic nitrogens is 1. The maximum atomic E-state index is 11.6. The van der Waals surface area contributed by atoms with E-state index >= 15 is 0 Å². The molecule has 7 heteroatoms. The Morgan fingerprint density at radius 1 is 1.37 bits per heavy atom. The molecule has 0 atom stereocenters. The highest BCUT2D eigenvalue weighted by molar-refractivity contribution is 6.05. The number of pyridine rings is 1. The van der Waals surface area contributed by atoms with Crippen LogP contribution in [-0.4, -0.2) is 36.2 Å². The van der Waals surface area contributed by atoms with Crippen LogP contribution >= 0.6 is 0 Å². The van der Waals surface area contributed by atoms with E-state index in [2.05, 4.69) is 25.6 Å². The van der Waals surface area contributed by atoms with E-state index in [9.17, 15) is 9.59 Å². The first-order valence-electron chi connectivity index (χ1n) is 5.63. The molecule has 1 aromatic heterocycles. The molecule has 1 aromatic rings. The van der Waals surface area contributed by atoms with Crippen LogP contribution in [0.25, 0.3) is 0 Å². The molecule has 1 rings (SSSR count). The molecule has 0 unspecified atom stereocenters. The van der Waals surface area contributed by atoms with Crippen molar-refractivity contribution in [2.24, 2.45) is 5.10 Å². The summed E-state index contributed by atoms with van der Waals surface area (Å²) in [6.45, 7) is 1.57. The van der Waals surface area contributed by atoms with Crippen LogP contribution in [0.3, 0.4) is 0 Å². The summed E-state index contributed by atoms with van der Waals surface area (Å²) in [7, 11) is 1.41. The van der Waals surface area contributed by atoms with Crippen LogP contribution in [0.4, 0.5) is 5.82 Å². The Labute approximate surface area is 111 Å². The van der Waals surface area contributed by atoms with Gasteiger partial charge in [0.15, 0.2) is 0 Å². The molecule has 102 valence electrons. The third-order valence-corrected chi connectivity index (χ3v) is 2.00. The van der Waals surface area contributed by atoms with E-state index in [0.29, 0.717) is 11.5 Å². The first-order valence-corrected chi connectivity index (χ1v) is 5.63. The van der Waals surface area contributed by atoms with Crippen molar-refractivity contribution in [3.05, 3.63) is 24.4 Å². The van der Waals surface area contributed by atoms with E-state index in [0.717, 1.165) is 0 Å². The number of nitrogens with one attached hydrogen (secondary N) is 2. The standard InChI is InChI=1S/C12H16N4O3/c1-9(15-16-12(18)8-19-2)7-11(17)14-10-5-3-4-6-13-10/h3-6H,7-8H2,1-2H3,(H,16,18)(H,13,14,17)/b15-9+. The minimum atomic E-state index is -0.369. The molecule has 7 nitrogen and oxygen atoms in total. The summed E-state index contributed by atoms with van der Waals surface area (Å²) >= 11 is 0. The fourth-order valence-corrected chi connectivity index (χ4v) is 1.22. The molecule has 0 aliphatic carbocycles. The molecular formula is C12H16N4O3. The monoisotopic (exact) mass is 264 g/mol. The lowest BCUT2D eigenvalue weighted by Crippen LogP contribution is -2.24. The van der Waals surface area contributed by atoms with Crippen molar-refractivity contribution in [1.82, 2.24) is 10.4 Å². The molecular weight excluding hydrogens is 248 g/mol. The summed E-state index contributed by atoms with van der Waals surface area (Å²) in [5.74, 6) is -0.142. The van der Waals surface area contributed by atoms with Gasteiger partial charge in [-0.25, -0.2) is 10.4 Å². The molecule has 0 saturated heterocycles. The minimum Gasteiger partial charge on any atom is -0.375 e. The van der Waals surface area contributed by atoms with E-state index in [4.69, 9.17) is 0 Å². The van der Waals surface area contributed by atoms with Gasteiger partial charge >= 0.3 is 0 Å². The predicted molar refractivity (Wildman–Crippen MR) is 70.6 cm³/mol. The van der Waals surface area contributed by atoms with Crippen LogP contribution in [0.15, 0.2) is 29.5 Å². The summed E-state index contributed by atoms with van der Waals surface area (Å²) in [4.78, 5) is 26.7. The number of hydrogen-bond acceptors (Lipinski definition) is 5. The number of ether oxygens (including phenoxy) is 1. The highest BCUT2D eigenvalue weighted by Gasteiger charge is 2.05. The molecule has 19 heavy (non-hydrogen) atoms. The molecule has 2 amide bonds. The Balaban J connectivity index is 2.39. The van der Waals surface area contributed by atoms with Crippen molar-refractivity contribution in [2.75, 3.05) is 19.0 Å². The van der Waals surface area contributed by atoms with Crippen LogP contribution in [0.1, 0.15) is 13.3 Å². The molecule has 0 aromatic carbocycles. The SMILES string of the molecule is COCC(=O)N/N=C(\C)CC(=O)Nc1ccccn1. The Morgan fingerprint density at radius 2 is 2.16 bits per heavy atom. The Bertz CT molecular complexity index is 459. The quantitative estimate of drug-likeness (QED) is 0.579. The van der Waals surface area contributed by atoms with Crippen LogP contribution in [0.2, 0.25) is 0 Å². The van der Waals surface area contributed by atoms with Gasteiger partial charge < -0.3 is 10.1 Å². The van der Waals surface area contributed by atoms with E-state index in [1.165, 1.54) is 7.11 Å². The van der Waals surface area contributed by atoms with E-state index in [-0.39, 0.29) is 24.8 Å². The molecule has 0 saturated carbocycles. The van der Waals surface area contributed by atoms with Gasteiger partial charge in [-0.1, -0.05) is 6.07 Å². The number of methoxy groups -OCH3 is 1. The van der Waals surface area contributed by atoms with Gasteiger partial charge in [-0.3, -0.25) is 9.59 Å². The zero-order valence-electron chi connectivity index (χ0n) is 10.8. The largest absolute Gasteiger partial charge is 0.375 e. The fourth-order valence-electron chi connectivity index (χ4n) is 1.22. The second kappa shape index (κ2) is 7.93. The minimum absolute atomic E-state index is 0.0725. The normalized spacial score (nSPS) is 10.9. The van der Waals surface area contributed by atoms with Gasteiger partial charge in [0.2, 0.25) is 5.91 Å². The smallest absolute Gasteiger partial charge is 0.266 e. The summed E-state index contributed by atoms with van der Waals surface area (Å²) in [5, 5.41) is 6.40. The molecule has 0 bridgehead atoms. The van der Waals surface area contributed by atoms with Crippen LogP contribution < -0.4 is 10.7 Å². The van der Waals surface area contributed by atoms with E-state index in [1.54, 1.807) is 31.3 Å². The van der Waals surface area contributed by atoms with Gasteiger partial charge in [-0.2, -0.15) is 5.10 Å². The number of rotatable bonds is 6. The highest BCUT2D eigenvalue weighted by atomic mass is 16.5. The molecule has 1 heterocycles. The van der Waals surface area contributed by atoms with Gasteiger partial charge in [0.25, 0.3) is 5.91 Å². The molecule has 0 aliphatic rings. The Kier molecular flexibility index (Phi) is 6.17. The van der Waals surface area contributed by atoms with E-state index in [1.807, 2.05) is 0 Å². The Morgan fingerprint density at radius 3 is 2.79 bits per heavy atom. The summed E-state index contributed by atoms with van der Waals surface area (Å²) in [6, 6.07) is 5.22. The number of hydrazone groups is 1. The lowest BCUT2D eigenvalue weighted by atomic mass is 10.3. The van der Waals surface area contributed by atoms with Crippen molar-refractivity contribution in [1.29, 1.82) is 0 Å². The number of hydrogen-bond donors (Lipinski definition) is 2. The van der Waals surface area contributed by atoms with Crippen LogP contribution in [0.5, 0.6) is 0 Å². The van der Waals surface area contributed by atoms with Crippen molar-refractivity contribution in [3.8, 4) is 0 Å². The number of nitrogens with zero attached hydrogens (tertiary/aromatic N) is 2. The summed E-state index contributed by atoms with van der Waals surface area (Å²) in [6.07, 6.45) is 1.66. The van der Waals surface area contributed by atoms with Crippen LogP contribution in [0, 0.1) is 0 Å². The highest BCUT2D eigenvalue weighted by Crippen LogP contribution is 2.00.